The van der Waals surface area contributed by atoms with Crippen LogP contribution in [0.3, 0.4) is 0 Å². The third kappa shape index (κ3) is 9.85. The van der Waals surface area contributed by atoms with E-state index in [1.165, 1.54) is 63.0 Å². The summed E-state index contributed by atoms with van der Waals surface area (Å²) < 4.78 is 0. The summed E-state index contributed by atoms with van der Waals surface area (Å²) in [5.74, 6) is 0. The van der Waals surface area contributed by atoms with Gasteiger partial charge in [-0.1, -0.05) is 50.2 Å². The maximum absolute atomic E-state index is 10.8. The zero-order valence-corrected chi connectivity index (χ0v) is 18.9. The van der Waals surface area contributed by atoms with E-state index in [9.17, 15) is 10.1 Å². The first-order valence-corrected chi connectivity index (χ1v) is 11.4. The Morgan fingerprint density at radius 2 is 1.71 bits per heavy atom. The van der Waals surface area contributed by atoms with Crippen LogP contribution in [0.2, 0.25) is 0 Å². The lowest BCUT2D eigenvalue weighted by molar-refractivity contribution is -0.384. The molecule has 0 heterocycles. The van der Waals surface area contributed by atoms with E-state index < -0.39 is 4.92 Å². The Morgan fingerprint density at radius 1 is 1.00 bits per heavy atom. The maximum atomic E-state index is 10.8. The fraction of sp³-hybridized carbons (Fsp3) is 0.480. The van der Waals surface area contributed by atoms with E-state index in [4.69, 9.17) is 0 Å². The number of non-ortho nitro benzene ring substituents is 1. The Kier molecular flexibility index (Phi) is 11.5. The molecular weight excluding hydrogens is 388 g/mol. The second-order valence-corrected chi connectivity index (χ2v) is 7.86. The van der Waals surface area contributed by atoms with Crippen LogP contribution in [0.25, 0.3) is 0 Å². The number of hydrogen-bond donors (Lipinski definition) is 1. The van der Waals surface area contributed by atoms with Crippen molar-refractivity contribution in [1.82, 2.24) is 10.2 Å². The second-order valence-electron chi connectivity index (χ2n) is 7.86. The van der Waals surface area contributed by atoms with Crippen LogP contribution in [0.15, 0.2) is 53.5 Å². The van der Waals surface area contributed by atoms with Crippen molar-refractivity contribution >= 4 is 11.9 Å². The zero-order valence-electron chi connectivity index (χ0n) is 18.9. The lowest BCUT2D eigenvalue weighted by atomic mass is 10.1. The number of unbranched alkanes of at least 4 members (excludes halogenated alkanes) is 1. The molecule has 0 spiro atoms. The molecule has 0 aliphatic rings. The lowest BCUT2D eigenvalue weighted by Gasteiger charge is -2.20. The molecule has 1 N–H and O–H groups in total. The standard InChI is InChI=1S/C25H36N4O2/c1-3-15-28(16-4-2)17-6-5-14-26-19-22-10-12-23(13-11-22)20-27-21-24-8-7-9-25(18-24)29(30)31/h7-13,18,21,26H,3-6,14-17,19-20H2,1-2H3. The quantitative estimate of drug-likeness (QED) is 0.184. The highest BCUT2D eigenvalue weighted by molar-refractivity contribution is 5.80. The highest BCUT2D eigenvalue weighted by Gasteiger charge is 2.04. The molecule has 0 saturated heterocycles. The number of aliphatic imine (C=N–C) groups is 1. The smallest absolute Gasteiger partial charge is 0.270 e. The number of hydrogen-bond acceptors (Lipinski definition) is 5. The van der Waals surface area contributed by atoms with Crippen LogP contribution in [-0.2, 0) is 13.1 Å². The third-order valence-electron chi connectivity index (χ3n) is 5.10. The van der Waals surface area contributed by atoms with Crippen LogP contribution in [0, 0.1) is 10.1 Å². The minimum absolute atomic E-state index is 0.0834. The Balaban J connectivity index is 1.66. The number of nitrogens with one attached hydrogen (secondary N) is 1. The van der Waals surface area contributed by atoms with Crippen LogP contribution < -0.4 is 5.32 Å². The van der Waals surface area contributed by atoms with Crippen LogP contribution in [0.5, 0.6) is 0 Å². The van der Waals surface area contributed by atoms with Crippen molar-refractivity contribution in [2.45, 2.75) is 52.6 Å². The summed E-state index contributed by atoms with van der Waals surface area (Å²) in [4.78, 5) is 17.4. The predicted octanol–water partition coefficient (Wildman–Crippen LogP) is 5.21. The molecule has 0 unspecified atom stereocenters. The van der Waals surface area contributed by atoms with Crippen LogP contribution >= 0.6 is 0 Å². The van der Waals surface area contributed by atoms with E-state index >= 15 is 0 Å². The summed E-state index contributed by atoms with van der Waals surface area (Å²) in [6.45, 7) is 10.6. The van der Waals surface area contributed by atoms with Gasteiger partial charge in [0, 0.05) is 24.9 Å². The number of nitro benzene ring substituents is 1. The van der Waals surface area contributed by atoms with E-state index in [0.717, 1.165) is 24.2 Å². The molecule has 0 amide bonds. The van der Waals surface area contributed by atoms with E-state index in [2.05, 4.69) is 53.3 Å². The molecule has 2 aromatic rings. The molecular formula is C25H36N4O2. The molecule has 2 aromatic carbocycles. The molecule has 0 radical (unpaired) electrons. The Morgan fingerprint density at radius 3 is 2.39 bits per heavy atom. The van der Waals surface area contributed by atoms with Crippen molar-refractivity contribution in [3.05, 3.63) is 75.3 Å². The van der Waals surface area contributed by atoms with Gasteiger partial charge in [-0.05, 0) is 68.6 Å². The normalized spacial score (nSPS) is 11.5. The fourth-order valence-electron chi connectivity index (χ4n) is 3.52. The topological polar surface area (TPSA) is 70.8 Å². The van der Waals surface area contributed by atoms with Gasteiger partial charge in [-0.2, -0.15) is 0 Å². The highest BCUT2D eigenvalue weighted by Crippen LogP contribution is 2.12. The molecule has 0 fully saturated rings. The van der Waals surface area contributed by atoms with Crippen LogP contribution in [0.4, 0.5) is 5.69 Å². The Bertz CT molecular complexity index is 799. The van der Waals surface area contributed by atoms with Gasteiger partial charge < -0.3 is 10.2 Å². The first-order chi connectivity index (χ1) is 15.1. The van der Waals surface area contributed by atoms with Gasteiger partial charge in [0.2, 0.25) is 0 Å². The van der Waals surface area contributed by atoms with E-state index in [1.807, 2.05) is 6.07 Å². The molecule has 0 bridgehead atoms. The molecule has 2 rings (SSSR count). The van der Waals surface area contributed by atoms with Crippen molar-refractivity contribution < 1.29 is 4.92 Å². The van der Waals surface area contributed by atoms with Gasteiger partial charge in [-0.3, -0.25) is 15.1 Å². The summed E-state index contributed by atoms with van der Waals surface area (Å²) in [6.07, 6.45) is 6.59. The summed E-state index contributed by atoms with van der Waals surface area (Å²) >= 11 is 0. The lowest BCUT2D eigenvalue weighted by Crippen LogP contribution is -2.27. The molecule has 0 aliphatic heterocycles. The SMILES string of the molecule is CCCN(CCC)CCCCNCc1ccc(CN=Cc2cccc([N+](=O)[O-])c2)cc1. The summed E-state index contributed by atoms with van der Waals surface area (Å²) in [6, 6.07) is 15.0. The maximum Gasteiger partial charge on any atom is 0.270 e. The van der Waals surface area contributed by atoms with E-state index in [0.29, 0.717) is 6.54 Å². The first-order valence-electron chi connectivity index (χ1n) is 11.4. The predicted molar refractivity (Wildman–Crippen MR) is 129 cm³/mol. The Labute approximate surface area is 186 Å². The average Bonchev–Trinajstić information content (AvgIpc) is 2.77. The molecule has 168 valence electrons. The number of benzene rings is 2. The molecule has 6 nitrogen and oxygen atoms in total. The van der Waals surface area contributed by atoms with Crippen molar-refractivity contribution in [2.24, 2.45) is 4.99 Å². The van der Waals surface area contributed by atoms with Crippen molar-refractivity contribution in [3.8, 4) is 0 Å². The number of nitrogens with zero attached hydrogens (tertiary/aromatic N) is 3. The van der Waals surface area contributed by atoms with E-state index in [-0.39, 0.29) is 5.69 Å². The molecule has 6 heteroatoms. The molecule has 0 saturated carbocycles. The highest BCUT2D eigenvalue weighted by atomic mass is 16.6. The first kappa shape index (κ1) is 24.7. The van der Waals surface area contributed by atoms with Crippen molar-refractivity contribution in [1.29, 1.82) is 0 Å². The van der Waals surface area contributed by atoms with Gasteiger partial charge in [0.05, 0.1) is 11.5 Å². The third-order valence-corrected chi connectivity index (χ3v) is 5.10. The van der Waals surface area contributed by atoms with E-state index in [1.54, 1.807) is 12.3 Å². The van der Waals surface area contributed by atoms with Gasteiger partial charge in [0.15, 0.2) is 0 Å². The second kappa shape index (κ2) is 14.4. The molecule has 0 aliphatic carbocycles. The summed E-state index contributed by atoms with van der Waals surface area (Å²) in [7, 11) is 0. The molecule has 31 heavy (non-hydrogen) atoms. The zero-order chi connectivity index (χ0) is 22.3. The summed E-state index contributed by atoms with van der Waals surface area (Å²) in [5, 5.41) is 14.4. The van der Waals surface area contributed by atoms with Gasteiger partial charge >= 0.3 is 0 Å². The van der Waals surface area contributed by atoms with Gasteiger partial charge in [-0.15, -0.1) is 0 Å². The minimum Gasteiger partial charge on any atom is -0.313 e. The Hall–Kier alpha value is -2.57. The molecule has 0 aromatic heterocycles. The van der Waals surface area contributed by atoms with Gasteiger partial charge in [0.1, 0.15) is 0 Å². The molecule has 0 atom stereocenters. The fourth-order valence-corrected chi connectivity index (χ4v) is 3.52. The van der Waals surface area contributed by atoms with Gasteiger partial charge in [0.25, 0.3) is 5.69 Å². The van der Waals surface area contributed by atoms with Gasteiger partial charge in [-0.25, -0.2) is 0 Å². The summed E-state index contributed by atoms with van der Waals surface area (Å²) in [5.41, 5.74) is 3.21. The van der Waals surface area contributed by atoms with Crippen molar-refractivity contribution in [2.75, 3.05) is 26.2 Å². The number of nitro groups is 1. The van der Waals surface area contributed by atoms with Crippen LogP contribution in [0.1, 0.15) is 56.2 Å². The monoisotopic (exact) mass is 424 g/mol. The minimum atomic E-state index is -0.391. The average molecular weight is 425 g/mol. The number of rotatable bonds is 15. The van der Waals surface area contributed by atoms with Crippen molar-refractivity contribution in [3.63, 3.8) is 0 Å². The largest absolute Gasteiger partial charge is 0.313 e. The van der Waals surface area contributed by atoms with Crippen LogP contribution in [-0.4, -0.2) is 42.2 Å².